The summed E-state index contributed by atoms with van der Waals surface area (Å²) in [6, 6.07) is 0. The number of aliphatic hydroxyl groups excluding tert-OH is 3. The Labute approximate surface area is 160 Å². The fraction of sp³-hybridized carbons (Fsp3) is 0.733. The van der Waals surface area contributed by atoms with Crippen molar-refractivity contribution in [3.63, 3.8) is 0 Å². The maximum absolute atomic E-state index is 11.4. The minimum Gasteiger partial charge on any atom is -0.394 e. The number of primary amides is 1. The fourth-order valence-electron chi connectivity index (χ4n) is 1.84. The Morgan fingerprint density at radius 3 is 1.71 bits per heavy atom. The molecule has 0 fully saturated rings. The lowest BCUT2D eigenvalue weighted by Gasteiger charge is -2.15. The summed E-state index contributed by atoms with van der Waals surface area (Å²) >= 11 is 0. The standard InChI is InChI=1S/C15H26N2O11/c16-14(23)27-25-11(20)7-5-3-1-2-4-6-8-12(21)26-28-15(24)17-13(22)10(19)9-18/h10,13,18-19,22H,1-9H2,(H2,16,23)(H,17,24). The van der Waals surface area contributed by atoms with E-state index in [4.69, 9.17) is 10.2 Å². The topological polar surface area (TPSA) is 204 Å². The maximum Gasteiger partial charge on any atom is 0.452 e. The van der Waals surface area contributed by atoms with E-state index in [9.17, 15) is 24.3 Å². The molecule has 0 aromatic carbocycles. The largest absolute Gasteiger partial charge is 0.452 e. The number of hydrogen-bond acceptors (Lipinski definition) is 11. The van der Waals surface area contributed by atoms with Crippen LogP contribution in [0.5, 0.6) is 0 Å². The quantitative estimate of drug-likeness (QED) is 0.120. The molecule has 2 atom stereocenters. The Hall–Kier alpha value is -2.64. The second-order valence-corrected chi connectivity index (χ2v) is 5.64. The second kappa shape index (κ2) is 15.4. The summed E-state index contributed by atoms with van der Waals surface area (Å²) in [4.78, 5) is 60.1. The minimum absolute atomic E-state index is 0.00583. The molecule has 0 rings (SSSR count). The van der Waals surface area contributed by atoms with Gasteiger partial charge < -0.3 is 21.1 Å². The van der Waals surface area contributed by atoms with Crippen molar-refractivity contribution in [3.05, 3.63) is 0 Å². The fourth-order valence-corrected chi connectivity index (χ4v) is 1.84. The highest BCUT2D eigenvalue weighted by Crippen LogP contribution is 2.09. The third-order valence-corrected chi connectivity index (χ3v) is 3.26. The molecule has 13 nitrogen and oxygen atoms in total. The molecule has 0 saturated heterocycles. The van der Waals surface area contributed by atoms with Crippen LogP contribution >= 0.6 is 0 Å². The van der Waals surface area contributed by atoms with Crippen LogP contribution in [0.1, 0.15) is 51.4 Å². The molecule has 6 N–H and O–H groups in total. The molecule has 0 radical (unpaired) electrons. The van der Waals surface area contributed by atoms with Gasteiger partial charge in [0.05, 0.1) is 19.4 Å². The first-order valence-corrected chi connectivity index (χ1v) is 8.57. The first-order valence-electron chi connectivity index (χ1n) is 8.57. The molecule has 0 heterocycles. The SMILES string of the molecule is NC(=O)OOC(=O)CCCCCCCCC(=O)OOC(=O)NC(O)C(O)CO. The molecular formula is C15H26N2O11. The molecule has 0 aliphatic rings. The Morgan fingerprint density at radius 1 is 0.786 bits per heavy atom. The summed E-state index contributed by atoms with van der Waals surface area (Å²) < 4.78 is 0. The summed E-state index contributed by atoms with van der Waals surface area (Å²) in [5, 5.41) is 28.5. The Kier molecular flexibility index (Phi) is 14.0. The molecule has 13 heteroatoms. The predicted octanol–water partition coefficient (Wildman–Crippen LogP) is -0.483. The van der Waals surface area contributed by atoms with Gasteiger partial charge in [-0.05, 0) is 12.8 Å². The summed E-state index contributed by atoms with van der Waals surface area (Å²) in [6.07, 6.45) is -1.69. The van der Waals surface area contributed by atoms with Crippen molar-refractivity contribution in [1.29, 1.82) is 0 Å². The Balaban J connectivity index is 3.56. The molecule has 0 spiro atoms. The zero-order valence-corrected chi connectivity index (χ0v) is 15.2. The second-order valence-electron chi connectivity index (χ2n) is 5.64. The van der Waals surface area contributed by atoms with Crippen LogP contribution in [0.4, 0.5) is 9.59 Å². The van der Waals surface area contributed by atoms with Crippen LogP contribution in [-0.2, 0) is 29.1 Å². The Bertz CT molecular complexity index is 500. The van der Waals surface area contributed by atoms with Gasteiger partial charge in [0, 0.05) is 0 Å². The van der Waals surface area contributed by atoms with Crippen molar-refractivity contribution < 1.29 is 54.0 Å². The predicted molar refractivity (Wildman–Crippen MR) is 88.5 cm³/mol. The third-order valence-electron chi connectivity index (χ3n) is 3.26. The lowest BCUT2D eigenvalue weighted by Crippen LogP contribution is -2.45. The van der Waals surface area contributed by atoms with Gasteiger partial charge >= 0.3 is 24.1 Å². The van der Waals surface area contributed by atoms with Gasteiger partial charge in [-0.3, -0.25) is 5.32 Å². The van der Waals surface area contributed by atoms with E-state index in [1.54, 1.807) is 5.32 Å². The lowest BCUT2D eigenvalue weighted by molar-refractivity contribution is -0.234. The summed E-state index contributed by atoms with van der Waals surface area (Å²) in [7, 11) is 0. The molecule has 0 saturated carbocycles. The average molecular weight is 410 g/mol. The van der Waals surface area contributed by atoms with Gasteiger partial charge in [-0.25, -0.2) is 38.7 Å². The lowest BCUT2D eigenvalue weighted by atomic mass is 10.1. The zero-order valence-electron chi connectivity index (χ0n) is 15.2. The number of carbonyl (C=O) groups excluding carboxylic acids is 4. The van der Waals surface area contributed by atoms with E-state index < -0.39 is 43.1 Å². The molecule has 2 unspecified atom stereocenters. The number of amides is 2. The highest BCUT2D eigenvalue weighted by molar-refractivity contribution is 5.72. The van der Waals surface area contributed by atoms with Gasteiger partial charge in [0.25, 0.3) is 0 Å². The summed E-state index contributed by atoms with van der Waals surface area (Å²) in [5.41, 5.74) is 4.63. The highest BCUT2D eigenvalue weighted by atomic mass is 17.2. The van der Waals surface area contributed by atoms with Gasteiger partial charge in [-0.2, -0.15) is 0 Å². The van der Waals surface area contributed by atoms with Gasteiger partial charge in [-0.1, -0.05) is 25.7 Å². The number of nitrogens with one attached hydrogen (secondary N) is 1. The van der Waals surface area contributed by atoms with E-state index in [0.717, 1.165) is 19.3 Å². The number of aliphatic hydroxyl groups is 3. The van der Waals surface area contributed by atoms with Gasteiger partial charge in [0.2, 0.25) is 0 Å². The van der Waals surface area contributed by atoms with E-state index in [2.05, 4.69) is 25.3 Å². The minimum atomic E-state index is -1.77. The molecule has 162 valence electrons. The normalized spacial score (nSPS) is 12.4. The van der Waals surface area contributed by atoms with Gasteiger partial charge in [-0.15, -0.1) is 0 Å². The van der Waals surface area contributed by atoms with Crippen LogP contribution in [-0.4, -0.2) is 58.4 Å². The van der Waals surface area contributed by atoms with Crippen molar-refractivity contribution >= 4 is 24.1 Å². The molecular weight excluding hydrogens is 384 g/mol. The maximum atomic E-state index is 11.4. The van der Waals surface area contributed by atoms with E-state index in [0.29, 0.717) is 19.3 Å². The smallest absolute Gasteiger partial charge is 0.394 e. The van der Waals surface area contributed by atoms with Crippen molar-refractivity contribution in [3.8, 4) is 0 Å². The monoisotopic (exact) mass is 410 g/mol. The molecule has 0 bridgehead atoms. The number of carbonyl (C=O) groups is 4. The van der Waals surface area contributed by atoms with Gasteiger partial charge in [0.15, 0.2) is 6.23 Å². The van der Waals surface area contributed by atoms with Crippen LogP contribution in [0.15, 0.2) is 0 Å². The van der Waals surface area contributed by atoms with Crippen molar-refractivity contribution in [2.24, 2.45) is 5.73 Å². The number of nitrogens with two attached hydrogens (primary N) is 1. The van der Waals surface area contributed by atoms with Gasteiger partial charge in [0.1, 0.15) is 6.10 Å². The van der Waals surface area contributed by atoms with E-state index in [-0.39, 0.29) is 12.8 Å². The molecule has 28 heavy (non-hydrogen) atoms. The molecule has 0 aliphatic heterocycles. The van der Waals surface area contributed by atoms with Crippen molar-refractivity contribution in [1.82, 2.24) is 5.32 Å². The molecule has 2 amide bonds. The van der Waals surface area contributed by atoms with Crippen LogP contribution < -0.4 is 11.1 Å². The van der Waals surface area contributed by atoms with E-state index >= 15 is 0 Å². The summed E-state index contributed by atoms with van der Waals surface area (Å²) in [6.45, 7) is -0.783. The number of rotatable bonds is 12. The average Bonchev–Trinajstić information content (AvgIpc) is 2.65. The van der Waals surface area contributed by atoms with Crippen LogP contribution in [0.2, 0.25) is 0 Å². The van der Waals surface area contributed by atoms with Crippen molar-refractivity contribution in [2.45, 2.75) is 63.7 Å². The summed E-state index contributed by atoms with van der Waals surface area (Å²) in [5.74, 6) is -1.48. The van der Waals surface area contributed by atoms with Crippen LogP contribution in [0.3, 0.4) is 0 Å². The first kappa shape index (κ1) is 25.4. The zero-order chi connectivity index (χ0) is 21.4. The number of hydrogen-bond donors (Lipinski definition) is 5. The highest BCUT2D eigenvalue weighted by Gasteiger charge is 2.19. The van der Waals surface area contributed by atoms with E-state index in [1.165, 1.54) is 0 Å². The third kappa shape index (κ3) is 14.5. The first-order chi connectivity index (χ1) is 13.3. The molecule has 0 aromatic heterocycles. The number of unbranched alkanes of at least 4 members (excludes halogenated alkanes) is 5. The molecule has 0 aromatic rings. The van der Waals surface area contributed by atoms with Crippen LogP contribution in [0.25, 0.3) is 0 Å². The Morgan fingerprint density at radius 2 is 1.25 bits per heavy atom. The van der Waals surface area contributed by atoms with Crippen LogP contribution in [0, 0.1) is 0 Å². The van der Waals surface area contributed by atoms with Crippen molar-refractivity contribution in [2.75, 3.05) is 6.61 Å². The molecule has 0 aliphatic carbocycles. The van der Waals surface area contributed by atoms with E-state index in [1.807, 2.05) is 0 Å².